The summed E-state index contributed by atoms with van der Waals surface area (Å²) in [6.07, 6.45) is 0. The van der Waals surface area contributed by atoms with E-state index in [-0.39, 0.29) is 5.89 Å². The molecule has 8 nitrogen and oxygen atoms in total. The lowest BCUT2D eigenvalue weighted by Crippen LogP contribution is -2.26. The molecule has 8 heteroatoms. The Balaban J connectivity index is 1.55. The van der Waals surface area contributed by atoms with Crippen molar-refractivity contribution in [3.63, 3.8) is 0 Å². The Morgan fingerprint density at radius 2 is 1.79 bits per heavy atom. The van der Waals surface area contributed by atoms with Gasteiger partial charge in [0.1, 0.15) is 6.54 Å². The molecule has 144 valence electrons. The van der Waals surface area contributed by atoms with E-state index in [2.05, 4.69) is 10.4 Å². The highest BCUT2D eigenvalue weighted by atomic mass is 16.5. The average Bonchev–Trinajstić information content (AvgIpc) is 3.00. The number of carbonyl (C=O) groups is 2. The number of rotatable bonds is 6. The van der Waals surface area contributed by atoms with E-state index < -0.39 is 30.8 Å². The molecule has 0 saturated heterocycles. The molecule has 0 radical (unpaired) electrons. The minimum atomic E-state index is -0.782. The third-order valence-electron chi connectivity index (χ3n) is 3.78. The number of ether oxygens (including phenoxy) is 1. The zero-order chi connectivity index (χ0) is 20.1. The molecule has 2 aromatic carbocycles. The van der Waals surface area contributed by atoms with Crippen molar-refractivity contribution in [2.45, 2.75) is 20.4 Å². The van der Waals surface area contributed by atoms with E-state index in [1.54, 1.807) is 24.3 Å². The number of hydrogen-bond donors (Lipinski definition) is 1. The van der Waals surface area contributed by atoms with Crippen LogP contribution in [0.1, 0.15) is 11.1 Å². The van der Waals surface area contributed by atoms with Crippen LogP contribution in [0.5, 0.6) is 0 Å². The summed E-state index contributed by atoms with van der Waals surface area (Å²) in [5.74, 6) is -1.93. The van der Waals surface area contributed by atoms with E-state index >= 15 is 0 Å². The number of aromatic nitrogens is 2. The Morgan fingerprint density at radius 1 is 1.11 bits per heavy atom. The Bertz CT molecular complexity index is 1030. The van der Waals surface area contributed by atoms with Gasteiger partial charge in [0.25, 0.3) is 5.91 Å². The van der Waals surface area contributed by atoms with Crippen LogP contribution in [-0.2, 0) is 20.9 Å². The van der Waals surface area contributed by atoms with E-state index in [0.717, 1.165) is 15.8 Å². The second-order valence-corrected chi connectivity index (χ2v) is 6.28. The van der Waals surface area contributed by atoms with Gasteiger partial charge >= 0.3 is 11.7 Å². The van der Waals surface area contributed by atoms with Crippen molar-refractivity contribution in [1.29, 1.82) is 0 Å². The highest BCUT2D eigenvalue weighted by molar-refractivity contribution is 5.92. The molecule has 1 heterocycles. The van der Waals surface area contributed by atoms with Crippen molar-refractivity contribution in [3.05, 3.63) is 70.2 Å². The minimum absolute atomic E-state index is 0.103. The van der Waals surface area contributed by atoms with Crippen LogP contribution >= 0.6 is 0 Å². The lowest BCUT2D eigenvalue weighted by molar-refractivity contribution is -0.148. The summed E-state index contributed by atoms with van der Waals surface area (Å²) in [6, 6.07) is 14.4. The molecule has 3 aromatic rings. The summed E-state index contributed by atoms with van der Waals surface area (Å²) in [7, 11) is 0. The summed E-state index contributed by atoms with van der Waals surface area (Å²) >= 11 is 0. The maximum Gasteiger partial charge on any atom is 0.437 e. The van der Waals surface area contributed by atoms with Gasteiger partial charge in [0.05, 0.1) is 0 Å². The van der Waals surface area contributed by atoms with Crippen LogP contribution in [0.4, 0.5) is 5.69 Å². The first kappa shape index (κ1) is 19.1. The van der Waals surface area contributed by atoms with Gasteiger partial charge in [-0.2, -0.15) is 4.68 Å². The third-order valence-corrected chi connectivity index (χ3v) is 3.78. The standard InChI is InChI=1S/C20H19N3O5/c1-13-8-14(2)10-16(9-13)21-17(24)12-27-18(25)11-23-20(26)28-19(22-23)15-6-4-3-5-7-15/h3-10H,11-12H2,1-2H3,(H,21,24). The second kappa shape index (κ2) is 8.34. The van der Waals surface area contributed by atoms with Gasteiger partial charge in [-0.05, 0) is 49.2 Å². The maximum absolute atomic E-state index is 12.0. The van der Waals surface area contributed by atoms with Crippen LogP contribution in [0.3, 0.4) is 0 Å². The van der Waals surface area contributed by atoms with Gasteiger partial charge in [-0.15, -0.1) is 5.10 Å². The molecule has 0 atom stereocenters. The van der Waals surface area contributed by atoms with Crippen molar-refractivity contribution in [2.24, 2.45) is 0 Å². The van der Waals surface area contributed by atoms with Crippen molar-refractivity contribution in [3.8, 4) is 11.5 Å². The lowest BCUT2D eigenvalue weighted by atomic mass is 10.1. The normalized spacial score (nSPS) is 10.5. The Hall–Kier alpha value is -3.68. The van der Waals surface area contributed by atoms with Gasteiger partial charge in [0, 0.05) is 11.3 Å². The first-order chi connectivity index (χ1) is 13.4. The predicted octanol–water partition coefficient (Wildman–Crippen LogP) is 2.30. The lowest BCUT2D eigenvalue weighted by Gasteiger charge is -2.08. The summed E-state index contributed by atoms with van der Waals surface area (Å²) < 4.78 is 10.8. The molecule has 1 amide bonds. The molecule has 3 rings (SSSR count). The summed E-state index contributed by atoms with van der Waals surface area (Å²) in [5, 5.41) is 6.63. The van der Waals surface area contributed by atoms with Crippen LogP contribution in [-0.4, -0.2) is 28.3 Å². The van der Waals surface area contributed by atoms with Crippen molar-refractivity contribution >= 4 is 17.6 Å². The number of hydrogen-bond acceptors (Lipinski definition) is 6. The molecular weight excluding hydrogens is 362 g/mol. The molecule has 28 heavy (non-hydrogen) atoms. The van der Waals surface area contributed by atoms with E-state index in [0.29, 0.717) is 11.3 Å². The number of esters is 1. The molecular formula is C20H19N3O5. The van der Waals surface area contributed by atoms with Gasteiger partial charge in [-0.1, -0.05) is 24.3 Å². The second-order valence-electron chi connectivity index (χ2n) is 6.28. The van der Waals surface area contributed by atoms with Gasteiger partial charge in [-0.25, -0.2) is 4.79 Å². The predicted molar refractivity (Wildman–Crippen MR) is 102 cm³/mol. The fourth-order valence-electron chi connectivity index (χ4n) is 2.66. The number of nitrogens with zero attached hydrogens (tertiary/aromatic N) is 2. The average molecular weight is 381 g/mol. The van der Waals surface area contributed by atoms with Crippen LogP contribution in [0, 0.1) is 13.8 Å². The van der Waals surface area contributed by atoms with Gasteiger partial charge in [-0.3, -0.25) is 9.59 Å². The summed E-state index contributed by atoms with van der Waals surface area (Å²) in [6.45, 7) is 2.92. The van der Waals surface area contributed by atoms with Crippen LogP contribution in [0.2, 0.25) is 0 Å². The molecule has 0 aliphatic heterocycles. The SMILES string of the molecule is Cc1cc(C)cc(NC(=O)COC(=O)Cn2nc(-c3ccccc3)oc2=O)c1. The maximum atomic E-state index is 12.0. The van der Waals surface area contributed by atoms with Gasteiger partial charge in [0.15, 0.2) is 6.61 Å². The minimum Gasteiger partial charge on any atom is -0.454 e. The molecule has 0 fully saturated rings. The van der Waals surface area contributed by atoms with E-state index in [1.807, 2.05) is 38.1 Å². The zero-order valence-corrected chi connectivity index (χ0v) is 15.5. The number of nitrogens with one attached hydrogen (secondary N) is 1. The number of benzene rings is 2. The van der Waals surface area contributed by atoms with Gasteiger partial charge in [0.2, 0.25) is 5.89 Å². The smallest absolute Gasteiger partial charge is 0.437 e. The summed E-state index contributed by atoms with van der Waals surface area (Å²) in [4.78, 5) is 35.7. The highest BCUT2D eigenvalue weighted by Gasteiger charge is 2.15. The van der Waals surface area contributed by atoms with E-state index in [4.69, 9.17) is 9.15 Å². The van der Waals surface area contributed by atoms with Crippen molar-refractivity contribution < 1.29 is 18.7 Å². The first-order valence-corrected chi connectivity index (χ1v) is 8.58. The van der Waals surface area contributed by atoms with Crippen molar-refractivity contribution in [2.75, 3.05) is 11.9 Å². The molecule has 0 saturated carbocycles. The fourth-order valence-corrected chi connectivity index (χ4v) is 2.66. The Kier molecular flexibility index (Phi) is 5.69. The molecule has 0 aliphatic carbocycles. The largest absolute Gasteiger partial charge is 0.454 e. The molecule has 0 spiro atoms. The fraction of sp³-hybridized carbons (Fsp3) is 0.200. The Morgan fingerprint density at radius 3 is 2.46 bits per heavy atom. The molecule has 0 aliphatic rings. The quantitative estimate of drug-likeness (QED) is 0.657. The molecule has 1 N–H and O–H groups in total. The van der Waals surface area contributed by atoms with Gasteiger partial charge < -0.3 is 14.5 Å². The van der Waals surface area contributed by atoms with Crippen LogP contribution < -0.4 is 11.1 Å². The first-order valence-electron chi connectivity index (χ1n) is 8.58. The topological polar surface area (TPSA) is 103 Å². The van der Waals surface area contributed by atoms with Crippen LogP contribution in [0.25, 0.3) is 11.5 Å². The monoisotopic (exact) mass is 381 g/mol. The van der Waals surface area contributed by atoms with Crippen molar-refractivity contribution in [1.82, 2.24) is 9.78 Å². The highest BCUT2D eigenvalue weighted by Crippen LogP contribution is 2.14. The molecule has 0 unspecified atom stereocenters. The van der Waals surface area contributed by atoms with E-state index in [9.17, 15) is 14.4 Å². The van der Waals surface area contributed by atoms with Crippen LogP contribution in [0.15, 0.2) is 57.7 Å². The van der Waals surface area contributed by atoms with E-state index in [1.165, 1.54) is 0 Å². The third kappa shape index (κ3) is 4.94. The molecule has 1 aromatic heterocycles. The summed E-state index contributed by atoms with van der Waals surface area (Å²) in [5.41, 5.74) is 3.25. The number of amides is 1. The number of carbonyl (C=O) groups excluding carboxylic acids is 2. The Labute approximate surface area is 160 Å². The zero-order valence-electron chi connectivity index (χ0n) is 15.5. The number of anilines is 1. The molecule has 0 bridgehead atoms. The number of aryl methyl sites for hydroxylation is 2.